The molecular weight excluding hydrogens is 653 g/mol. The highest BCUT2D eigenvalue weighted by molar-refractivity contribution is 5.99. The first kappa shape index (κ1) is 36.2. The van der Waals surface area contributed by atoms with Crippen molar-refractivity contribution in [3.63, 3.8) is 0 Å². The number of oxazole rings is 1. The maximum absolute atomic E-state index is 6.85. The fraction of sp³-hybridized carbons (Fsp3) is 0.333. The van der Waals surface area contributed by atoms with Crippen molar-refractivity contribution in [2.24, 2.45) is 0 Å². The van der Waals surface area contributed by atoms with Crippen LogP contribution in [0.25, 0.3) is 55.9 Å². The van der Waals surface area contributed by atoms with Crippen LogP contribution in [0.4, 0.5) is 0 Å². The van der Waals surface area contributed by atoms with Crippen LogP contribution in [0, 0.1) is 13.8 Å². The van der Waals surface area contributed by atoms with Gasteiger partial charge in [-0.3, -0.25) is 4.98 Å². The van der Waals surface area contributed by atoms with Crippen LogP contribution >= 0.6 is 0 Å². The first-order valence-corrected chi connectivity index (χ1v) is 18.9. The topological polar surface area (TPSA) is 61.3 Å². The molecule has 0 saturated heterocycles. The number of benzene rings is 4. The summed E-state index contributed by atoms with van der Waals surface area (Å²) < 4.78 is 20.0. The van der Waals surface area contributed by atoms with E-state index in [2.05, 4.69) is 137 Å². The smallest absolute Gasteiger partial charge is 0.228 e. The molecular formula is C48H52N2O3. The van der Waals surface area contributed by atoms with E-state index < -0.39 is 0 Å². The predicted molar refractivity (Wildman–Crippen MR) is 219 cm³/mol. The Morgan fingerprint density at radius 2 is 1.32 bits per heavy atom. The number of hydrogen-bond donors (Lipinski definition) is 0. The minimum absolute atomic E-state index is 0.00372. The molecule has 53 heavy (non-hydrogen) atoms. The van der Waals surface area contributed by atoms with Gasteiger partial charge in [-0.1, -0.05) is 99.6 Å². The molecule has 0 aliphatic carbocycles. The van der Waals surface area contributed by atoms with Crippen molar-refractivity contribution >= 4 is 22.1 Å². The van der Waals surface area contributed by atoms with Gasteiger partial charge in [-0.25, -0.2) is 4.98 Å². The van der Waals surface area contributed by atoms with E-state index >= 15 is 0 Å². The lowest BCUT2D eigenvalue weighted by Crippen LogP contribution is -2.12. The van der Waals surface area contributed by atoms with Crippen LogP contribution in [0.1, 0.15) is 115 Å². The molecule has 0 fully saturated rings. The van der Waals surface area contributed by atoms with Crippen LogP contribution < -0.4 is 4.74 Å². The number of hydrogen-bond acceptors (Lipinski definition) is 5. The van der Waals surface area contributed by atoms with Crippen molar-refractivity contribution in [2.75, 3.05) is 0 Å². The molecule has 0 amide bonds. The molecule has 0 unspecified atom stereocenters. The Labute approximate surface area is 314 Å². The predicted octanol–water partition coefficient (Wildman–Crippen LogP) is 14.2. The molecule has 3 aromatic heterocycles. The van der Waals surface area contributed by atoms with Gasteiger partial charge in [0.1, 0.15) is 28.4 Å². The zero-order valence-electron chi connectivity index (χ0n) is 33.4. The first-order valence-electron chi connectivity index (χ1n) is 18.9. The van der Waals surface area contributed by atoms with Gasteiger partial charge in [-0.15, -0.1) is 0 Å². The third-order valence-electron chi connectivity index (χ3n) is 10.5. The standard InChI is InChI=1S/C48H52N2O3/c1-27(2)36-15-13-16-37(28(3)4)44(36)38-17-14-18-40-45(38)53-46(50-40)39-25-35(26-42-43(39)29(5)30(6)51-42)52-34-22-31(21-33(23-34)48(10,11)12)41-24-32(19-20-49-41)47(7,8)9/h13-28H,1-12H3. The number of nitrogens with zero attached hydrogens (tertiary/aromatic N) is 2. The summed E-state index contributed by atoms with van der Waals surface area (Å²) in [5, 5.41) is 0.973. The summed E-state index contributed by atoms with van der Waals surface area (Å²) >= 11 is 0. The van der Waals surface area contributed by atoms with Gasteiger partial charge in [0, 0.05) is 28.8 Å². The Morgan fingerprint density at radius 1 is 0.660 bits per heavy atom. The second-order valence-electron chi connectivity index (χ2n) is 17.2. The van der Waals surface area contributed by atoms with E-state index in [0.29, 0.717) is 23.5 Å². The molecule has 0 N–H and O–H groups in total. The number of aryl methyl sites for hydroxylation is 2. The summed E-state index contributed by atoms with van der Waals surface area (Å²) in [7, 11) is 0. The van der Waals surface area contributed by atoms with Crippen LogP contribution in [0.15, 0.2) is 93.9 Å². The molecule has 7 aromatic rings. The number of fused-ring (bicyclic) bond motifs is 2. The number of ether oxygens (including phenoxy) is 1. The van der Waals surface area contributed by atoms with Gasteiger partial charge in [0.2, 0.25) is 5.89 Å². The van der Waals surface area contributed by atoms with Crippen LogP contribution in [0.3, 0.4) is 0 Å². The fourth-order valence-electron chi connectivity index (χ4n) is 7.26. The van der Waals surface area contributed by atoms with Crippen molar-refractivity contribution < 1.29 is 13.6 Å². The second kappa shape index (κ2) is 13.4. The Morgan fingerprint density at radius 3 is 1.98 bits per heavy atom. The van der Waals surface area contributed by atoms with E-state index in [4.69, 9.17) is 23.5 Å². The fourth-order valence-corrected chi connectivity index (χ4v) is 7.26. The largest absolute Gasteiger partial charge is 0.461 e. The van der Waals surface area contributed by atoms with E-state index in [-0.39, 0.29) is 10.8 Å². The Balaban J connectivity index is 1.38. The van der Waals surface area contributed by atoms with E-state index in [9.17, 15) is 0 Å². The third-order valence-corrected chi connectivity index (χ3v) is 10.5. The summed E-state index contributed by atoms with van der Waals surface area (Å²) in [6.45, 7) is 26.4. The molecule has 0 saturated carbocycles. The molecule has 7 rings (SSSR count). The quantitative estimate of drug-likeness (QED) is 0.165. The van der Waals surface area contributed by atoms with E-state index in [1.807, 2.05) is 31.3 Å². The van der Waals surface area contributed by atoms with Crippen LogP contribution in [0.2, 0.25) is 0 Å². The molecule has 5 nitrogen and oxygen atoms in total. The van der Waals surface area contributed by atoms with Crippen molar-refractivity contribution in [2.45, 2.75) is 106 Å². The molecule has 0 spiro atoms. The minimum atomic E-state index is -0.111. The van der Waals surface area contributed by atoms with Crippen LogP contribution in [-0.4, -0.2) is 9.97 Å². The van der Waals surface area contributed by atoms with Gasteiger partial charge < -0.3 is 13.6 Å². The van der Waals surface area contributed by atoms with Crippen molar-refractivity contribution in [1.29, 1.82) is 0 Å². The lowest BCUT2D eigenvalue weighted by Gasteiger charge is -2.22. The highest BCUT2D eigenvalue weighted by Gasteiger charge is 2.24. The van der Waals surface area contributed by atoms with E-state index in [1.165, 1.54) is 22.3 Å². The molecule has 0 aliphatic heterocycles. The van der Waals surface area contributed by atoms with Crippen molar-refractivity contribution in [1.82, 2.24) is 9.97 Å². The van der Waals surface area contributed by atoms with Gasteiger partial charge in [0.05, 0.1) is 11.3 Å². The Bertz CT molecular complexity index is 2450. The number of furan rings is 1. The Hall–Kier alpha value is -5.16. The van der Waals surface area contributed by atoms with Crippen molar-refractivity contribution in [3.8, 4) is 45.3 Å². The molecule has 0 bridgehead atoms. The number of rotatable bonds is 7. The number of pyridine rings is 1. The molecule has 5 heteroatoms. The Kier molecular flexibility index (Phi) is 9.13. The average Bonchev–Trinajstić information content (AvgIpc) is 3.66. The molecule has 3 heterocycles. The molecule has 4 aromatic carbocycles. The van der Waals surface area contributed by atoms with Gasteiger partial charge in [-0.2, -0.15) is 0 Å². The van der Waals surface area contributed by atoms with Crippen molar-refractivity contribution in [3.05, 3.63) is 119 Å². The summed E-state index contributed by atoms with van der Waals surface area (Å²) in [6.07, 6.45) is 1.90. The SMILES string of the molecule is Cc1oc2cc(Oc3cc(-c4cc(C(C)(C)C)ccn4)cc(C(C)(C)C)c3)cc(-c3nc4cccc(-c5c(C(C)C)cccc5C(C)C)c4o3)c2c1C. The number of aromatic nitrogens is 2. The molecule has 0 aliphatic rings. The second-order valence-corrected chi connectivity index (χ2v) is 17.2. The normalized spacial score (nSPS) is 12.5. The van der Waals surface area contributed by atoms with Gasteiger partial charge in [-0.05, 0) is 112 Å². The summed E-state index contributed by atoms with van der Waals surface area (Å²) in [6, 6.07) is 27.7. The summed E-state index contributed by atoms with van der Waals surface area (Å²) in [4.78, 5) is 9.91. The number of para-hydroxylation sites is 1. The van der Waals surface area contributed by atoms with E-state index in [1.54, 1.807) is 0 Å². The maximum Gasteiger partial charge on any atom is 0.228 e. The minimum Gasteiger partial charge on any atom is -0.461 e. The van der Waals surface area contributed by atoms with Crippen LogP contribution in [0.5, 0.6) is 11.5 Å². The lowest BCUT2D eigenvalue weighted by molar-refractivity contribution is 0.477. The van der Waals surface area contributed by atoms with Crippen LogP contribution in [-0.2, 0) is 10.8 Å². The molecule has 0 radical (unpaired) electrons. The third kappa shape index (κ3) is 6.90. The van der Waals surface area contributed by atoms with E-state index in [0.717, 1.165) is 67.1 Å². The summed E-state index contributed by atoms with van der Waals surface area (Å²) in [5.41, 5.74) is 13.3. The average molecular weight is 705 g/mol. The zero-order chi connectivity index (χ0) is 38.0. The lowest BCUT2D eigenvalue weighted by atomic mass is 9.84. The van der Waals surface area contributed by atoms with Gasteiger partial charge in [0.25, 0.3) is 0 Å². The van der Waals surface area contributed by atoms with Gasteiger partial charge >= 0.3 is 0 Å². The summed E-state index contributed by atoms with van der Waals surface area (Å²) in [5.74, 6) is 3.46. The van der Waals surface area contributed by atoms with Gasteiger partial charge in [0.15, 0.2) is 5.58 Å². The highest BCUT2D eigenvalue weighted by atomic mass is 16.5. The monoisotopic (exact) mass is 704 g/mol. The maximum atomic E-state index is 6.85. The first-order chi connectivity index (χ1) is 25.0. The highest BCUT2D eigenvalue weighted by Crippen LogP contribution is 2.44. The molecule has 272 valence electrons. The zero-order valence-corrected chi connectivity index (χ0v) is 33.4. The molecule has 0 atom stereocenters.